The third kappa shape index (κ3) is 2.15. The number of anilines is 2. The number of aryl methyl sites for hydroxylation is 3. The number of aromatic amines is 1. The maximum absolute atomic E-state index is 12.5. The van der Waals surface area contributed by atoms with Crippen LogP contribution in [0.2, 0.25) is 0 Å². The smallest absolute Gasteiger partial charge is 0.307 e. The third-order valence-corrected chi connectivity index (χ3v) is 3.75. The average molecular weight is 270 g/mol. The Bertz CT molecular complexity index is 627. The van der Waals surface area contributed by atoms with Crippen LogP contribution in [0.15, 0.2) is 24.4 Å². The van der Waals surface area contributed by atoms with Gasteiger partial charge in [0.15, 0.2) is 0 Å². The maximum Gasteiger partial charge on any atom is 0.326 e. The Morgan fingerprint density at radius 2 is 2.10 bits per heavy atom. The van der Waals surface area contributed by atoms with Crippen LogP contribution in [0.3, 0.4) is 0 Å². The molecule has 20 heavy (non-hydrogen) atoms. The van der Waals surface area contributed by atoms with Crippen molar-refractivity contribution in [2.45, 2.75) is 26.7 Å². The lowest BCUT2D eigenvalue weighted by atomic mass is 10.1. The summed E-state index contributed by atoms with van der Waals surface area (Å²) in [5.41, 5.74) is 4.96. The summed E-state index contributed by atoms with van der Waals surface area (Å²) in [4.78, 5) is 14.3. The molecule has 1 aromatic heterocycles. The monoisotopic (exact) mass is 270 g/mol. The van der Waals surface area contributed by atoms with E-state index in [9.17, 15) is 4.79 Å². The number of rotatable bonds is 1. The van der Waals surface area contributed by atoms with E-state index in [1.54, 1.807) is 11.1 Å². The molecule has 0 saturated carbocycles. The zero-order chi connectivity index (χ0) is 14.1. The van der Waals surface area contributed by atoms with Gasteiger partial charge in [0.25, 0.3) is 0 Å². The molecule has 0 radical (unpaired) electrons. The first kappa shape index (κ1) is 12.7. The predicted molar refractivity (Wildman–Crippen MR) is 79.2 cm³/mol. The number of carbonyl (C=O) groups is 1. The fourth-order valence-electron chi connectivity index (χ4n) is 2.65. The van der Waals surface area contributed by atoms with E-state index in [1.165, 1.54) is 0 Å². The summed E-state index contributed by atoms with van der Waals surface area (Å²) in [5.74, 6) is 0. The molecule has 2 aromatic rings. The highest BCUT2D eigenvalue weighted by atomic mass is 16.2. The summed E-state index contributed by atoms with van der Waals surface area (Å²) in [6, 6.07) is 5.91. The molecule has 0 fully saturated rings. The number of hydrogen-bond acceptors (Lipinski definition) is 2. The van der Waals surface area contributed by atoms with Gasteiger partial charge in [-0.15, -0.1) is 0 Å². The van der Waals surface area contributed by atoms with Gasteiger partial charge in [0.05, 0.1) is 17.6 Å². The van der Waals surface area contributed by atoms with E-state index in [4.69, 9.17) is 0 Å². The van der Waals surface area contributed by atoms with Gasteiger partial charge >= 0.3 is 6.03 Å². The van der Waals surface area contributed by atoms with Crippen molar-refractivity contribution in [3.63, 3.8) is 0 Å². The molecule has 0 unspecified atom stereocenters. The minimum atomic E-state index is -0.0928. The largest absolute Gasteiger partial charge is 0.326 e. The number of amides is 2. The number of para-hydroxylation sites is 1. The number of hydrogen-bond donors (Lipinski definition) is 2. The van der Waals surface area contributed by atoms with Crippen molar-refractivity contribution < 1.29 is 4.79 Å². The van der Waals surface area contributed by atoms with Gasteiger partial charge in [-0.1, -0.05) is 18.2 Å². The summed E-state index contributed by atoms with van der Waals surface area (Å²) in [5, 5.41) is 10.0. The van der Waals surface area contributed by atoms with E-state index in [0.717, 1.165) is 47.6 Å². The average Bonchev–Trinajstić information content (AvgIpc) is 2.91. The SMILES string of the molecule is Cc1cccc(C)c1NC(=O)N1CCCc2[nH]ncc21. The Balaban J connectivity index is 1.85. The van der Waals surface area contributed by atoms with Crippen LogP contribution >= 0.6 is 0 Å². The molecule has 2 heterocycles. The Morgan fingerprint density at radius 1 is 1.35 bits per heavy atom. The fourth-order valence-corrected chi connectivity index (χ4v) is 2.65. The molecule has 2 amide bonds. The molecule has 1 aliphatic rings. The second-order valence-electron chi connectivity index (χ2n) is 5.19. The van der Waals surface area contributed by atoms with Gasteiger partial charge in [-0.25, -0.2) is 4.79 Å². The third-order valence-electron chi connectivity index (χ3n) is 3.75. The van der Waals surface area contributed by atoms with Crippen molar-refractivity contribution in [2.24, 2.45) is 0 Å². The summed E-state index contributed by atoms with van der Waals surface area (Å²) >= 11 is 0. The summed E-state index contributed by atoms with van der Waals surface area (Å²) < 4.78 is 0. The van der Waals surface area contributed by atoms with Crippen LogP contribution < -0.4 is 10.2 Å². The molecule has 0 spiro atoms. The molecule has 104 valence electrons. The van der Waals surface area contributed by atoms with Crippen LogP contribution in [0.1, 0.15) is 23.2 Å². The topological polar surface area (TPSA) is 61.0 Å². The Kier molecular flexibility index (Phi) is 3.18. The zero-order valence-electron chi connectivity index (χ0n) is 11.7. The number of carbonyl (C=O) groups excluding carboxylic acids is 1. The van der Waals surface area contributed by atoms with Gasteiger partial charge in [-0.2, -0.15) is 5.10 Å². The van der Waals surface area contributed by atoms with Crippen LogP contribution in [0, 0.1) is 13.8 Å². The minimum absolute atomic E-state index is 0.0928. The van der Waals surface area contributed by atoms with Crippen molar-refractivity contribution in [1.82, 2.24) is 10.2 Å². The molecule has 1 aromatic carbocycles. The molecule has 5 nitrogen and oxygen atoms in total. The zero-order valence-corrected chi connectivity index (χ0v) is 11.7. The number of fused-ring (bicyclic) bond motifs is 1. The van der Waals surface area contributed by atoms with Gasteiger partial charge in [-0.3, -0.25) is 10.00 Å². The summed E-state index contributed by atoms with van der Waals surface area (Å²) in [6.45, 7) is 4.73. The van der Waals surface area contributed by atoms with E-state index in [-0.39, 0.29) is 6.03 Å². The number of nitrogens with zero attached hydrogens (tertiary/aromatic N) is 2. The summed E-state index contributed by atoms with van der Waals surface area (Å²) in [6.07, 6.45) is 3.62. The molecule has 0 aliphatic carbocycles. The number of benzene rings is 1. The molecule has 3 rings (SSSR count). The number of aromatic nitrogens is 2. The molecule has 0 bridgehead atoms. The van der Waals surface area contributed by atoms with Crippen molar-refractivity contribution in [2.75, 3.05) is 16.8 Å². The van der Waals surface area contributed by atoms with Gasteiger partial charge < -0.3 is 5.32 Å². The number of nitrogens with one attached hydrogen (secondary N) is 2. The van der Waals surface area contributed by atoms with Crippen LogP contribution in [-0.2, 0) is 6.42 Å². The normalized spacial score (nSPS) is 14.0. The second-order valence-corrected chi connectivity index (χ2v) is 5.19. The Labute approximate surface area is 118 Å². The predicted octanol–water partition coefficient (Wildman–Crippen LogP) is 3.01. The van der Waals surface area contributed by atoms with Crippen LogP contribution in [0.4, 0.5) is 16.2 Å². The van der Waals surface area contributed by atoms with Crippen LogP contribution in [0.25, 0.3) is 0 Å². The van der Waals surface area contributed by atoms with Crippen LogP contribution in [-0.4, -0.2) is 22.8 Å². The van der Waals surface area contributed by atoms with E-state index in [1.807, 2.05) is 32.0 Å². The molecule has 0 saturated heterocycles. The van der Waals surface area contributed by atoms with Gasteiger partial charge in [-0.05, 0) is 37.8 Å². The van der Waals surface area contributed by atoms with Crippen molar-refractivity contribution in [3.8, 4) is 0 Å². The highest BCUT2D eigenvalue weighted by Gasteiger charge is 2.24. The van der Waals surface area contributed by atoms with E-state index < -0.39 is 0 Å². The first-order chi connectivity index (χ1) is 9.66. The standard InChI is InChI=1S/C15H18N4O/c1-10-5-3-6-11(2)14(10)17-15(20)19-8-4-7-12-13(19)9-16-18-12/h3,5-6,9H,4,7-8H2,1-2H3,(H,16,18)(H,17,20). The molecule has 5 heteroatoms. The second kappa shape index (κ2) is 5.00. The quantitative estimate of drug-likeness (QED) is 0.836. The molecular formula is C15H18N4O. The van der Waals surface area contributed by atoms with E-state index >= 15 is 0 Å². The van der Waals surface area contributed by atoms with Crippen molar-refractivity contribution in [3.05, 3.63) is 41.2 Å². The number of urea groups is 1. The van der Waals surface area contributed by atoms with Gasteiger partial charge in [0, 0.05) is 12.2 Å². The lowest BCUT2D eigenvalue weighted by Gasteiger charge is -2.27. The lowest BCUT2D eigenvalue weighted by molar-refractivity contribution is 0.256. The first-order valence-electron chi connectivity index (χ1n) is 6.84. The maximum atomic E-state index is 12.5. The molecule has 2 N–H and O–H groups in total. The van der Waals surface area contributed by atoms with Gasteiger partial charge in [0.1, 0.15) is 0 Å². The number of H-pyrrole nitrogens is 1. The van der Waals surface area contributed by atoms with E-state index in [2.05, 4.69) is 15.5 Å². The fraction of sp³-hybridized carbons (Fsp3) is 0.333. The van der Waals surface area contributed by atoms with Crippen molar-refractivity contribution in [1.29, 1.82) is 0 Å². The Morgan fingerprint density at radius 3 is 2.85 bits per heavy atom. The summed E-state index contributed by atoms with van der Waals surface area (Å²) in [7, 11) is 0. The first-order valence-corrected chi connectivity index (χ1v) is 6.84. The molecular weight excluding hydrogens is 252 g/mol. The van der Waals surface area contributed by atoms with Crippen molar-refractivity contribution >= 4 is 17.4 Å². The lowest BCUT2D eigenvalue weighted by Crippen LogP contribution is -2.38. The highest BCUT2D eigenvalue weighted by molar-refractivity contribution is 6.03. The highest BCUT2D eigenvalue weighted by Crippen LogP contribution is 2.26. The van der Waals surface area contributed by atoms with Gasteiger partial charge in [0.2, 0.25) is 0 Å². The van der Waals surface area contributed by atoms with Crippen LogP contribution in [0.5, 0.6) is 0 Å². The van der Waals surface area contributed by atoms with E-state index in [0.29, 0.717) is 0 Å². The molecule has 0 atom stereocenters. The Hall–Kier alpha value is -2.30. The minimum Gasteiger partial charge on any atom is -0.307 e. The molecule has 1 aliphatic heterocycles.